The van der Waals surface area contributed by atoms with Crippen LogP contribution in [0.15, 0.2) is 30.6 Å². The first-order chi connectivity index (χ1) is 19.7. The number of carbonyl (C=O) groups is 2. The maximum atomic E-state index is 13.2. The van der Waals surface area contributed by atoms with E-state index in [0.717, 1.165) is 12.8 Å². The number of carbonyl (C=O) groups excluding carboxylic acids is 2. The second-order valence-corrected chi connectivity index (χ2v) is 9.91. The number of hydrogen-bond donors (Lipinski definition) is 3. The van der Waals surface area contributed by atoms with Crippen LogP contribution in [0.1, 0.15) is 29.6 Å². The van der Waals surface area contributed by atoms with E-state index in [4.69, 9.17) is 16.9 Å². The van der Waals surface area contributed by atoms with Crippen molar-refractivity contribution < 1.29 is 23.1 Å². The third-order valence-electron chi connectivity index (χ3n) is 6.87. The number of nitriles is 1. The fourth-order valence-electron chi connectivity index (χ4n) is 4.72. The standard InChI is InChI=1S/C26H30ClF2N9O3/c1-31-24-19(13-32-34-24)25(40)33-20-14-38(35-23(20)18-12-16(27)4-5-21(18)41-26(28)29)15-22(39)37-10-6-17(7-11-37)36(2)9-3-8-30/h4-5,12-14,17,26H,3,6-7,9-11,15H2,1-2H3,(H,33,40)(H2,31,32,34). The highest BCUT2D eigenvalue weighted by atomic mass is 35.5. The van der Waals surface area contributed by atoms with Gasteiger partial charge in [0.05, 0.1) is 18.0 Å². The molecule has 0 unspecified atom stereocenters. The third-order valence-corrected chi connectivity index (χ3v) is 7.11. The van der Waals surface area contributed by atoms with Gasteiger partial charge < -0.3 is 25.2 Å². The molecule has 1 saturated heterocycles. The molecular weight excluding hydrogens is 560 g/mol. The molecule has 12 nitrogen and oxygen atoms in total. The molecule has 0 aliphatic carbocycles. The van der Waals surface area contributed by atoms with Crippen molar-refractivity contribution in [2.45, 2.75) is 38.5 Å². The van der Waals surface area contributed by atoms with E-state index in [1.54, 1.807) is 11.9 Å². The van der Waals surface area contributed by atoms with Gasteiger partial charge in [-0.25, -0.2) is 0 Å². The lowest BCUT2D eigenvalue weighted by Gasteiger charge is -2.36. The van der Waals surface area contributed by atoms with Gasteiger partial charge in [-0.2, -0.15) is 24.2 Å². The molecule has 2 aromatic heterocycles. The van der Waals surface area contributed by atoms with Crippen molar-refractivity contribution in [2.24, 2.45) is 0 Å². The number of likely N-dealkylation sites (tertiary alicyclic amines) is 1. The van der Waals surface area contributed by atoms with Gasteiger partial charge in [-0.3, -0.25) is 19.4 Å². The number of alkyl halides is 2. The fourth-order valence-corrected chi connectivity index (χ4v) is 4.89. The summed E-state index contributed by atoms with van der Waals surface area (Å²) in [6, 6.07) is 6.51. The number of nitrogens with one attached hydrogen (secondary N) is 3. The maximum absolute atomic E-state index is 13.2. The summed E-state index contributed by atoms with van der Waals surface area (Å²) >= 11 is 6.17. The number of amides is 2. The largest absolute Gasteiger partial charge is 0.434 e. The Hall–Kier alpha value is -4.22. The van der Waals surface area contributed by atoms with Crippen molar-refractivity contribution in [1.29, 1.82) is 5.26 Å². The molecule has 1 aliphatic heterocycles. The Kier molecular flexibility index (Phi) is 9.74. The van der Waals surface area contributed by atoms with E-state index < -0.39 is 12.5 Å². The van der Waals surface area contributed by atoms with Crippen LogP contribution < -0.4 is 15.4 Å². The van der Waals surface area contributed by atoms with Crippen LogP contribution in [-0.2, 0) is 11.3 Å². The van der Waals surface area contributed by atoms with E-state index >= 15 is 0 Å². The van der Waals surface area contributed by atoms with E-state index in [-0.39, 0.29) is 51.8 Å². The number of H-pyrrole nitrogens is 1. The number of hydrogen-bond acceptors (Lipinski definition) is 8. The van der Waals surface area contributed by atoms with Gasteiger partial charge in [-0.05, 0) is 38.1 Å². The number of ether oxygens (including phenoxy) is 1. The fraction of sp³-hybridized carbons (Fsp3) is 0.423. The normalized spacial score (nSPS) is 13.9. The molecule has 15 heteroatoms. The number of nitrogens with zero attached hydrogens (tertiary/aromatic N) is 6. The molecule has 1 aliphatic rings. The predicted molar refractivity (Wildman–Crippen MR) is 148 cm³/mol. The lowest BCUT2D eigenvalue weighted by molar-refractivity contribution is -0.133. The Balaban J connectivity index is 1.58. The second-order valence-electron chi connectivity index (χ2n) is 9.47. The maximum Gasteiger partial charge on any atom is 0.387 e. The van der Waals surface area contributed by atoms with Crippen LogP contribution in [0.25, 0.3) is 11.3 Å². The Morgan fingerprint density at radius 1 is 1.34 bits per heavy atom. The van der Waals surface area contributed by atoms with Crippen molar-refractivity contribution in [3.05, 3.63) is 41.2 Å². The summed E-state index contributed by atoms with van der Waals surface area (Å²) in [6.45, 7) is -1.48. The van der Waals surface area contributed by atoms with Crippen LogP contribution in [0, 0.1) is 11.3 Å². The third kappa shape index (κ3) is 7.30. The number of piperidine rings is 1. The molecule has 4 rings (SSSR count). The molecule has 0 spiro atoms. The van der Waals surface area contributed by atoms with Gasteiger partial charge in [-0.15, -0.1) is 0 Å². The van der Waals surface area contributed by atoms with Gasteiger partial charge >= 0.3 is 6.61 Å². The number of aromatic amines is 1. The first-order valence-electron chi connectivity index (χ1n) is 12.9. The first kappa shape index (κ1) is 29.8. The Bertz CT molecular complexity index is 1410. The van der Waals surface area contributed by atoms with Crippen LogP contribution in [0.5, 0.6) is 5.75 Å². The summed E-state index contributed by atoms with van der Waals surface area (Å²) in [4.78, 5) is 30.1. The van der Waals surface area contributed by atoms with Crippen molar-refractivity contribution >= 4 is 34.9 Å². The zero-order valence-corrected chi connectivity index (χ0v) is 23.3. The van der Waals surface area contributed by atoms with Crippen LogP contribution in [-0.4, -0.2) is 88.0 Å². The molecule has 218 valence electrons. The molecule has 0 bridgehead atoms. The molecule has 0 atom stereocenters. The number of anilines is 2. The molecule has 2 amide bonds. The highest BCUT2D eigenvalue weighted by Gasteiger charge is 2.27. The smallest absolute Gasteiger partial charge is 0.387 e. The number of rotatable bonds is 11. The van der Waals surface area contributed by atoms with Crippen LogP contribution in [0.4, 0.5) is 20.3 Å². The summed E-state index contributed by atoms with van der Waals surface area (Å²) in [5, 5.41) is 25.6. The minimum atomic E-state index is -3.11. The van der Waals surface area contributed by atoms with Gasteiger partial charge in [0.25, 0.3) is 5.91 Å². The van der Waals surface area contributed by atoms with E-state index in [0.29, 0.717) is 31.9 Å². The van der Waals surface area contributed by atoms with E-state index in [1.807, 2.05) is 7.05 Å². The molecule has 0 saturated carbocycles. The summed E-state index contributed by atoms with van der Waals surface area (Å²) < 4.78 is 32.4. The Labute approximate surface area is 240 Å². The second kappa shape index (κ2) is 13.4. The SMILES string of the molecule is CNc1[nH]ncc1C(=O)Nc1cn(CC(=O)N2CCC(N(C)CCC#N)CC2)nc1-c1cc(Cl)ccc1OC(F)F. The predicted octanol–water partition coefficient (Wildman–Crippen LogP) is 3.66. The highest BCUT2D eigenvalue weighted by Crippen LogP contribution is 2.37. The summed E-state index contributed by atoms with van der Waals surface area (Å²) in [6.07, 6.45) is 4.79. The highest BCUT2D eigenvalue weighted by molar-refractivity contribution is 6.31. The Morgan fingerprint density at radius 2 is 2.10 bits per heavy atom. The molecule has 0 radical (unpaired) electrons. The average molecular weight is 590 g/mol. The molecular formula is C26H30ClF2N9O3. The van der Waals surface area contributed by atoms with Crippen LogP contribution >= 0.6 is 11.6 Å². The number of halogens is 3. The lowest BCUT2D eigenvalue weighted by atomic mass is 10.0. The van der Waals surface area contributed by atoms with Crippen molar-refractivity contribution in [3.8, 4) is 23.1 Å². The summed E-state index contributed by atoms with van der Waals surface area (Å²) in [5.74, 6) is -0.551. The van der Waals surface area contributed by atoms with Gasteiger partial charge in [0.15, 0.2) is 0 Å². The minimum absolute atomic E-state index is 0.0941. The van der Waals surface area contributed by atoms with Crippen molar-refractivity contribution in [2.75, 3.05) is 44.4 Å². The van der Waals surface area contributed by atoms with Crippen molar-refractivity contribution in [3.63, 3.8) is 0 Å². The van der Waals surface area contributed by atoms with Gasteiger partial charge in [0, 0.05) is 55.9 Å². The van der Waals surface area contributed by atoms with E-state index in [2.05, 4.69) is 41.6 Å². The summed E-state index contributed by atoms with van der Waals surface area (Å²) in [7, 11) is 3.60. The van der Waals surface area contributed by atoms with Gasteiger partial charge in [0.1, 0.15) is 29.4 Å². The summed E-state index contributed by atoms with van der Waals surface area (Å²) in [5.41, 5.74) is 0.573. The van der Waals surface area contributed by atoms with E-state index in [9.17, 15) is 18.4 Å². The lowest BCUT2D eigenvalue weighted by Crippen LogP contribution is -2.46. The quantitative estimate of drug-likeness (QED) is 0.307. The van der Waals surface area contributed by atoms with Crippen LogP contribution in [0.2, 0.25) is 5.02 Å². The van der Waals surface area contributed by atoms with Gasteiger partial charge in [0.2, 0.25) is 5.91 Å². The van der Waals surface area contributed by atoms with Gasteiger partial charge in [-0.1, -0.05) is 11.6 Å². The molecule has 1 aromatic carbocycles. The molecule has 3 aromatic rings. The topological polar surface area (TPSA) is 144 Å². The molecule has 3 heterocycles. The zero-order chi connectivity index (χ0) is 29.5. The average Bonchev–Trinajstić information content (AvgIpc) is 3.59. The zero-order valence-electron chi connectivity index (χ0n) is 22.5. The molecule has 3 N–H and O–H groups in total. The molecule has 41 heavy (non-hydrogen) atoms. The number of aromatic nitrogens is 4. The Morgan fingerprint density at radius 3 is 2.78 bits per heavy atom. The van der Waals surface area contributed by atoms with Crippen LogP contribution in [0.3, 0.4) is 0 Å². The van der Waals surface area contributed by atoms with E-state index in [1.165, 1.54) is 35.3 Å². The first-order valence-corrected chi connectivity index (χ1v) is 13.3. The van der Waals surface area contributed by atoms with Crippen molar-refractivity contribution in [1.82, 2.24) is 29.8 Å². The molecule has 1 fully saturated rings. The number of benzene rings is 1. The monoisotopic (exact) mass is 589 g/mol. The minimum Gasteiger partial charge on any atom is -0.434 e.